The molecule has 8 nitrogen and oxygen atoms in total. The van der Waals surface area contributed by atoms with Crippen LogP contribution in [0.3, 0.4) is 0 Å². The number of fused-ring (bicyclic) bond motifs is 1. The molecule has 2 aromatic rings. The van der Waals surface area contributed by atoms with Crippen LogP contribution in [-0.4, -0.2) is 61.0 Å². The molecular weight excluding hydrogens is 399 g/mol. The second-order valence-corrected chi connectivity index (χ2v) is 7.75. The summed E-state index contributed by atoms with van der Waals surface area (Å²) in [5, 5.41) is 21.4. The van der Waals surface area contributed by atoms with Crippen LogP contribution in [0.25, 0.3) is 0 Å². The molecule has 0 bridgehead atoms. The number of carbonyl (C=O) groups excluding carboxylic acids is 2. The Morgan fingerprint density at radius 3 is 2.58 bits per heavy atom. The van der Waals surface area contributed by atoms with Crippen molar-refractivity contribution in [3.05, 3.63) is 65.2 Å². The molecule has 3 atom stereocenters. The van der Waals surface area contributed by atoms with E-state index in [1.54, 1.807) is 45.3 Å². The molecule has 0 spiro atoms. The number of carbonyl (C=O) groups is 2. The molecule has 1 aliphatic rings. The van der Waals surface area contributed by atoms with Gasteiger partial charge in [0, 0.05) is 37.6 Å². The van der Waals surface area contributed by atoms with Gasteiger partial charge in [-0.3, -0.25) is 9.59 Å². The van der Waals surface area contributed by atoms with Gasteiger partial charge < -0.3 is 29.7 Å². The van der Waals surface area contributed by atoms with Crippen molar-refractivity contribution in [1.82, 2.24) is 10.2 Å². The minimum Gasteiger partial charge on any atom is -0.493 e. The molecule has 1 aliphatic heterocycles. The minimum atomic E-state index is -2.04. The van der Waals surface area contributed by atoms with Crippen molar-refractivity contribution in [2.45, 2.75) is 31.4 Å². The van der Waals surface area contributed by atoms with Crippen LogP contribution in [0.1, 0.15) is 46.7 Å². The maximum Gasteiger partial charge on any atom is 0.635 e. The summed E-state index contributed by atoms with van der Waals surface area (Å²) >= 11 is 0. The summed E-state index contributed by atoms with van der Waals surface area (Å²) in [6, 6.07) is 14.5. The van der Waals surface area contributed by atoms with E-state index in [-0.39, 0.29) is 11.8 Å². The van der Waals surface area contributed by atoms with Gasteiger partial charge in [0.25, 0.3) is 5.91 Å². The van der Waals surface area contributed by atoms with Crippen molar-refractivity contribution in [2.75, 3.05) is 20.7 Å². The zero-order chi connectivity index (χ0) is 22.5. The third-order valence-electron chi connectivity index (χ3n) is 5.34. The summed E-state index contributed by atoms with van der Waals surface area (Å²) in [5.74, 6) is -0.552. The van der Waals surface area contributed by atoms with Crippen LogP contribution < -0.4 is 10.1 Å². The van der Waals surface area contributed by atoms with Gasteiger partial charge in [-0.2, -0.15) is 0 Å². The molecule has 0 aliphatic carbocycles. The number of nitrogens with zero attached hydrogens (tertiary/aromatic N) is 1. The van der Waals surface area contributed by atoms with Crippen LogP contribution in [0.2, 0.25) is 0 Å². The highest BCUT2D eigenvalue weighted by molar-refractivity contribution is 6.32. The monoisotopic (exact) mass is 426 g/mol. The molecule has 0 unspecified atom stereocenters. The number of nitrogens with one attached hydrogen (secondary N) is 1. The van der Waals surface area contributed by atoms with Crippen LogP contribution in [-0.2, 0) is 9.45 Å². The number of hydrogen-bond acceptors (Lipinski definition) is 6. The van der Waals surface area contributed by atoms with Gasteiger partial charge in [0.15, 0.2) is 0 Å². The van der Waals surface area contributed by atoms with Crippen LogP contribution in [0.5, 0.6) is 5.75 Å². The zero-order valence-corrected chi connectivity index (χ0v) is 17.8. The Balaban J connectivity index is 1.75. The summed E-state index contributed by atoms with van der Waals surface area (Å²) in [5.41, 5.74) is 2.00. The van der Waals surface area contributed by atoms with E-state index >= 15 is 0 Å². The molecule has 1 heterocycles. The van der Waals surface area contributed by atoms with E-state index in [9.17, 15) is 19.6 Å². The lowest BCUT2D eigenvalue weighted by molar-refractivity contribution is -0.125. The first-order chi connectivity index (χ1) is 14.8. The number of amides is 2. The molecule has 9 heteroatoms. The molecule has 0 saturated heterocycles. The number of hydrogen-bond donors (Lipinski definition) is 3. The maximum atomic E-state index is 13.0. The van der Waals surface area contributed by atoms with Crippen molar-refractivity contribution in [2.24, 2.45) is 0 Å². The molecular formula is C22H27BN2O6. The lowest BCUT2D eigenvalue weighted by atomic mass is 9.93. The first-order valence-corrected chi connectivity index (χ1v) is 10.1. The Kier molecular flexibility index (Phi) is 7.32. The van der Waals surface area contributed by atoms with Crippen LogP contribution >= 0.6 is 0 Å². The van der Waals surface area contributed by atoms with Crippen LogP contribution in [0, 0.1) is 0 Å². The Labute approximate surface area is 182 Å². The van der Waals surface area contributed by atoms with E-state index in [1.807, 2.05) is 24.3 Å². The zero-order valence-electron chi connectivity index (χ0n) is 17.8. The number of para-hydroxylation sites is 1. The second-order valence-electron chi connectivity index (χ2n) is 7.75. The molecule has 0 aromatic heterocycles. The number of ether oxygens (including phenoxy) is 1. The summed E-state index contributed by atoms with van der Waals surface area (Å²) in [4.78, 5) is 26.9. The van der Waals surface area contributed by atoms with Gasteiger partial charge in [-0.05, 0) is 24.6 Å². The van der Waals surface area contributed by atoms with Crippen molar-refractivity contribution in [1.29, 1.82) is 0 Å². The molecule has 0 fully saturated rings. The summed E-state index contributed by atoms with van der Waals surface area (Å²) in [6.07, 6.45) is -0.655. The van der Waals surface area contributed by atoms with Crippen molar-refractivity contribution in [3.63, 3.8) is 0 Å². The van der Waals surface area contributed by atoms with E-state index < -0.39 is 25.4 Å². The molecule has 3 rings (SSSR count). The predicted molar refractivity (Wildman–Crippen MR) is 115 cm³/mol. The summed E-state index contributed by atoms with van der Waals surface area (Å²) < 4.78 is 10.8. The molecule has 2 aromatic carbocycles. The van der Waals surface area contributed by atoms with Crippen LogP contribution in [0.15, 0.2) is 48.5 Å². The normalized spacial score (nSPS) is 16.6. The van der Waals surface area contributed by atoms with Gasteiger partial charge in [0.1, 0.15) is 12.0 Å². The highest BCUT2D eigenvalue weighted by Crippen LogP contribution is 2.36. The van der Waals surface area contributed by atoms with Gasteiger partial charge >= 0.3 is 7.32 Å². The predicted octanol–water partition coefficient (Wildman–Crippen LogP) is 1.49. The van der Waals surface area contributed by atoms with Gasteiger partial charge in [-0.25, -0.2) is 0 Å². The highest BCUT2D eigenvalue weighted by Gasteiger charge is 2.31. The molecule has 0 radical (unpaired) electrons. The standard InChI is InChI=1S/C22H27BN2O6/c1-14(16-8-4-5-10-18(16)22(27)25(2)3)21(26)24-20(31-23(28)29)12-15-13-30-19-11-7-6-9-17(15)19/h4-11,14-15,20,28-29H,12-13H2,1-3H3,(H,24,26)/t14-,15-,20+/m0/s1. The van der Waals surface area contributed by atoms with E-state index in [4.69, 9.17) is 9.39 Å². The summed E-state index contributed by atoms with van der Waals surface area (Å²) in [7, 11) is 1.26. The number of rotatable bonds is 8. The molecule has 31 heavy (non-hydrogen) atoms. The minimum absolute atomic E-state index is 0.0711. The largest absolute Gasteiger partial charge is 0.635 e. The van der Waals surface area contributed by atoms with E-state index in [0.717, 1.165) is 11.3 Å². The lowest BCUT2D eigenvalue weighted by Gasteiger charge is -2.25. The van der Waals surface area contributed by atoms with E-state index in [0.29, 0.717) is 24.2 Å². The smallest absolute Gasteiger partial charge is 0.493 e. The van der Waals surface area contributed by atoms with Gasteiger partial charge in [-0.1, -0.05) is 36.4 Å². The molecule has 3 N–H and O–H groups in total. The lowest BCUT2D eigenvalue weighted by Crippen LogP contribution is -2.43. The first-order valence-electron chi connectivity index (χ1n) is 10.1. The molecule has 0 saturated carbocycles. The van der Waals surface area contributed by atoms with Gasteiger partial charge in [-0.15, -0.1) is 0 Å². The highest BCUT2D eigenvalue weighted by atomic mass is 16.6. The van der Waals surface area contributed by atoms with E-state index in [1.165, 1.54) is 4.90 Å². The first kappa shape index (κ1) is 22.8. The second kappa shape index (κ2) is 9.95. The molecule has 2 amide bonds. The Morgan fingerprint density at radius 2 is 1.87 bits per heavy atom. The Hall–Kier alpha value is -2.88. The third kappa shape index (κ3) is 5.44. The number of benzene rings is 2. The van der Waals surface area contributed by atoms with Gasteiger partial charge in [0.2, 0.25) is 5.91 Å². The van der Waals surface area contributed by atoms with Crippen molar-refractivity contribution < 1.29 is 29.0 Å². The SMILES string of the molecule is C[C@H](C(=O)N[C@@H](C[C@H]1COc2ccccc21)OB(O)O)c1ccccc1C(=O)N(C)C. The fourth-order valence-electron chi connectivity index (χ4n) is 3.71. The fraction of sp³-hybridized carbons (Fsp3) is 0.364. The van der Waals surface area contributed by atoms with Crippen molar-refractivity contribution in [3.8, 4) is 5.75 Å². The maximum absolute atomic E-state index is 13.0. The Morgan fingerprint density at radius 1 is 1.19 bits per heavy atom. The molecule has 164 valence electrons. The average molecular weight is 426 g/mol. The van der Waals surface area contributed by atoms with Gasteiger partial charge in [0.05, 0.1) is 12.5 Å². The van der Waals surface area contributed by atoms with Crippen LogP contribution in [0.4, 0.5) is 0 Å². The Bertz CT molecular complexity index is 936. The quantitative estimate of drug-likeness (QED) is 0.436. The van der Waals surface area contributed by atoms with E-state index in [2.05, 4.69) is 5.32 Å². The summed E-state index contributed by atoms with van der Waals surface area (Å²) in [6.45, 7) is 2.10. The average Bonchev–Trinajstić information content (AvgIpc) is 3.15. The topological polar surface area (TPSA) is 108 Å². The fourth-order valence-corrected chi connectivity index (χ4v) is 3.71. The third-order valence-corrected chi connectivity index (χ3v) is 5.34. The van der Waals surface area contributed by atoms with Crippen molar-refractivity contribution >= 4 is 19.1 Å².